The number of carbonyl (C=O) groups is 1. The van der Waals surface area contributed by atoms with Crippen LogP contribution < -0.4 is 15.0 Å². The number of nitrogens with zero attached hydrogens (tertiary/aromatic N) is 3. The van der Waals surface area contributed by atoms with Crippen LogP contribution in [0.3, 0.4) is 0 Å². The molecule has 1 aliphatic rings. The summed E-state index contributed by atoms with van der Waals surface area (Å²) in [6.07, 6.45) is 3.39. The van der Waals surface area contributed by atoms with E-state index in [2.05, 4.69) is 34.3 Å². The number of aryl methyl sites for hydroxylation is 1. The van der Waals surface area contributed by atoms with Crippen molar-refractivity contribution < 1.29 is 9.53 Å². The molecule has 0 aliphatic carbocycles. The van der Waals surface area contributed by atoms with Crippen LogP contribution >= 0.6 is 0 Å². The summed E-state index contributed by atoms with van der Waals surface area (Å²) in [5, 5.41) is 3.01. The highest BCUT2D eigenvalue weighted by Crippen LogP contribution is 2.25. The van der Waals surface area contributed by atoms with Gasteiger partial charge in [0.2, 0.25) is 5.91 Å². The largest absolute Gasteiger partial charge is 0.497 e. The second-order valence-corrected chi connectivity index (χ2v) is 7.59. The Morgan fingerprint density at radius 2 is 1.87 bits per heavy atom. The van der Waals surface area contributed by atoms with Crippen molar-refractivity contribution in [1.82, 2.24) is 9.97 Å². The number of nitrogens with one attached hydrogen (secondary N) is 1. The minimum atomic E-state index is -0.00847. The summed E-state index contributed by atoms with van der Waals surface area (Å²) >= 11 is 0. The third kappa shape index (κ3) is 4.59. The molecule has 6 nitrogen and oxygen atoms in total. The molecular formula is C24H26N4O2. The maximum Gasteiger partial charge on any atom is 0.227 e. The van der Waals surface area contributed by atoms with Gasteiger partial charge in [-0.3, -0.25) is 4.79 Å². The standard InChI is InChI=1S/C24H26N4O2/c1-17-6-8-18(9-7-17)23-25-13-10-22(27-23)28-14-11-19(12-15-28)24(29)26-20-4-3-5-21(16-20)30-2/h3-10,13,16,19H,11-12,14-15H2,1-2H3,(H,26,29). The summed E-state index contributed by atoms with van der Waals surface area (Å²) in [5.74, 6) is 2.42. The number of hydrogen-bond donors (Lipinski definition) is 1. The number of hydrogen-bond acceptors (Lipinski definition) is 5. The maximum absolute atomic E-state index is 12.7. The summed E-state index contributed by atoms with van der Waals surface area (Å²) < 4.78 is 5.22. The van der Waals surface area contributed by atoms with Crippen LogP contribution in [0, 0.1) is 12.8 Å². The molecule has 30 heavy (non-hydrogen) atoms. The normalized spacial score (nSPS) is 14.4. The van der Waals surface area contributed by atoms with Crippen LogP contribution in [0.15, 0.2) is 60.8 Å². The first-order valence-corrected chi connectivity index (χ1v) is 10.2. The number of carbonyl (C=O) groups excluding carboxylic acids is 1. The van der Waals surface area contributed by atoms with E-state index in [9.17, 15) is 4.79 Å². The first-order chi connectivity index (χ1) is 14.6. The highest BCUT2D eigenvalue weighted by atomic mass is 16.5. The highest BCUT2D eigenvalue weighted by molar-refractivity contribution is 5.92. The van der Waals surface area contributed by atoms with E-state index in [1.165, 1.54) is 5.56 Å². The third-order valence-electron chi connectivity index (χ3n) is 5.48. The molecule has 0 unspecified atom stereocenters. The lowest BCUT2D eigenvalue weighted by atomic mass is 9.96. The van der Waals surface area contributed by atoms with Crippen molar-refractivity contribution in [3.05, 3.63) is 66.4 Å². The van der Waals surface area contributed by atoms with Gasteiger partial charge >= 0.3 is 0 Å². The molecule has 2 aromatic carbocycles. The smallest absolute Gasteiger partial charge is 0.227 e. The van der Waals surface area contributed by atoms with Gasteiger partial charge in [0.25, 0.3) is 0 Å². The molecule has 0 radical (unpaired) electrons. The Labute approximate surface area is 176 Å². The number of anilines is 2. The first-order valence-electron chi connectivity index (χ1n) is 10.2. The number of methoxy groups -OCH3 is 1. The van der Waals surface area contributed by atoms with Gasteiger partial charge in [-0.05, 0) is 38.0 Å². The molecule has 0 saturated carbocycles. The first kappa shape index (κ1) is 19.9. The molecule has 1 saturated heterocycles. The fraction of sp³-hybridized carbons (Fsp3) is 0.292. The number of ether oxygens (including phenoxy) is 1. The van der Waals surface area contributed by atoms with Crippen molar-refractivity contribution in [3.8, 4) is 17.1 Å². The van der Waals surface area contributed by atoms with Crippen LogP contribution in [0.4, 0.5) is 11.5 Å². The minimum absolute atomic E-state index is 0.00847. The molecular weight excluding hydrogens is 376 g/mol. The molecule has 1 fully saturated rings. The van der Waals surface area contributed by atoms with E-state index in [-0.39, 0.29) is 11.8 Å². The van der Waals surface area contributed by atoms with Crippen molar-refractivity contribution in [2.24, 2.45) is 5.92 Å². The Morgan fingerprint density at radius 1 is 1.10 bits per heavy atom. The predicted octanol–water partition coefficient (Wildman–Crippen LogP) is 4.32. The van der Waals surface area contributed by atoms with Gasteiger partial charge in [0.15, 0.2) is 5.82 Å². The molecule has 6 heteroatoms. The van der Waals surface area contributed by atoms with E-state index in [4.69, 9.17) is 9.72 Å². The van der Waals surface area contributed by atoms with Crippen LogP contribution in [-0.4, -0.2) is 36.1 Å². The summed E-state index contributed by atoms with van der Waals surface area (Å²) in [6, 6.07) is 17.6. The Kier molecular flexibility index (Phi) is 5.93. The predicted molar refractivity (Wildman–Crippen MR) is 119 cm³/mol. The minimum Gasteiger partial charge on any atom is -0.497 e. The Hall–Kier alpha value is -3.41. The van der Waals surface area contributed by atoms with Gasteiger partial charge in [-0.25, -0.2) is 9.97 Å². The van der Waals surface area contributed by atoms with Crippen molar-refractivity contribution in [3.63, 3.8) is 0 Å². The fourth-order valence-electron chi connectivity index (χ4n) is 3.68. The Morgan fingerprint density at radius 3 is 2.60 bits per heavy atom. The maximum atomic E-state index is 12.7. The molecule has 3 aromatic rings. The van der Waals surface area contributed by atoms with Gasteiger partial charge in [-0.1, -0.05) is 35.9 Å². The number of piperidine rings is 1. The zero-order valence-electron chi connectivity index (χ0n) is 17.3. The monoisotopic (exact) mass is 402 g/mol. The molecule has 1 amide bonds. The molecule has 1 aromatic heterocycles. The van der Waals surface area contributed by atoms with Crippen LogP contribution in [0.1, 0.15) is 18.4 Å². The highest BCUT2D eigenvalue weighted by Gasteiger charge is 2.26. The summed E-state index contributed by atoms with van der Waals surface area (Å²) in [7, 11) is 1.62. The number of rotatable bonds is 5. The zero-order valence-corrected chi connectivity index (χ0v) is 17.3. The van der Waals surface area contributed by atoms with E-state index in [1.807, 2.05) is 42.5 Å². The molecule has 2 heterocycles. The van der Waals surface area contributed by atoms with Gasteiger partial charge in [0.05, 0.1) is 7.11 Å². The lowest BCUT2D eigenvalue weighted by molar-refractivity contribution is -0.120. The lowest BCUT2D eigenvalue weighted by Gasteiger charge is -2.32. The average Bonchev–Trinajstić information content (AvgIpc) is 2.80. The lowest BCUT2D eigenvalue weighted by Crippen LogP contribution is -2.38. The van der Waals surface area contributed by atoms with Crippen LogP contribution in [-0.2, 0) is 4.79 Å². The van der Waals surface area contributed by atoms with Crippen molar-refractivity contribution in [2.45, 2.75) is 19.8 Å². The molecule has 0 atom stereocenters. The number of aromatic nitrogens is 2. The van der Waals surface area contributed by atoms with Crippen LogP contribution in [0.2, 0.25) is 0 Å². The van der Waals surface area contributed by atoms with E-state index < -0.39 is 0 Å². The molecule has 154 valence electrons. The van der Waals surface area contributed by atoms with E-state index in [0.717, 1.165) is 54.6 Å². The fourth-order valence-corrected chi connectivity index (χ4v) is 3.68. The third-order valence-corrected chi connectivity index (χ3v) is 5.48. The van der Waals surface area contributed by atoms with E-state index >= 15 is 0 Å². The number of amides is 1. The topological polar surface area (TPSA) is 67.3 Å². The SMILES string of the molecule is COc1cccc(NC(=O)C2CCN(c3ccnc(-c4ccc(C)cc4)n3)CC2)c1. The summed E-state index contributed by atoms with van der Waals surface area (Å²) in [6.45, 7) is 3.65. The summed E-state index contributed by atoms with van der Waals surface area (Å²) in [5.41, 5.74) is 2.99. The van der Waals surface area contributed by atoms with Crippen molar-refractivity contribution >= 4 is 17.4 Å². The Balaban J connectivity index is 1.38. The molecule has 0 spiro atoms. The molecule has 4 rings (SSSR count). The Bertz CT molecular complexity index is 1010. The van der Waals surface area contributed by atoms with E-state index in [0.29, 0.717) is 0 Å². The van der Waals surface area contributed by atoms with Gasteiger partial charge in [0.1, 0.15) is 11.6 Å². The molecule has 1 N–H and O–H groups in total. The van der Waals surface area contributed by atoms with Crippen molar-refractivity contribution in [2.75, 3.05) is 30.4 Å². The van der Waals surface area contributed by atoms with Gasteiger partial charge in [0, 0.05) is 42.5 Å². The van der Waals surface area contributed by atoms with Crippen molar-refractivity contribution in [1.29, 1.82) is 0 Å². The quantitative estimate of drug-likeness (QED) is 0.689. The number of benzene rings is 2. The molecule has 0 bridgehead atoms. The van der Waals surface area contributed by atoms with Crippen LogP contribution in [0.5, 0.6) is 5.75 Å². The summed E-state index contributed by atoms with van der Waals surface area (Å²) in [4.78, 5) is 24.1. The average molecular weight is 402 g/mol. The van der Waals surface area contributed by atoms with E-state index in [1.54, 1.807) is 13.3 Å². The second kappa shape index (κ2) is 8.95. The van der Waals surface area contributed by atoms with Gasteiger partial charge in [-0.15, -0.1) is 0 Å². The van der Waals surface area contributed by atoms with Crippen LogP contribution in [0.25, 0.3) is 11.4 Å². The molecule has 1 aliphatic heterocycles. The zero-order chi connectivity index (χ0) is 20.9. The second-order valence-electron chi connectivity index (χ2n) is 7.59. The van der Waals surface area contributed by atoms with Gasteiger partial charge < -0.3 is 15.0 Å². The van der Waals surface area contributed by atoms with Gasteiger partial charge in [-0.2, -0.15) is 0 Å².